The van der Waals surface area contributed by atoms with Gasteiger partial charge in [0.05, 0.1) is 11.1 Å². The number of benzene rings is 2. The van der Waals surface area contributed by atoms with Crippen LogP contribution in [0.4, 0.5) is 4.39 Å². The standard InChI is InChI=1S/C18H20ClFN2O2.ClH/c1-3-15(22-11(2)18(21)23)13-9-10-14(19)17(16(13)20)24-12-7-5-4-6-8-12;/h4-11,15,22H,3H2,1-2H3,(H2,21,23);1H/t11-,15?;/m0./s1. The molecule has 0 aliphatic heterocycles. The third-order valence-corrected chi connectivity index (χ3v) is 4.00. The SMILES string of the molecule is CCC(N[C@@H](C)C(N)=O)c1ccc(Cl)c(Oc2ccccc2)c1F.Cl. The Balaban J connectivity index is 0.00000312. The molecule has 1 amide bonds. The molecule has 2 aromatic carbocycles. The molecule has 0 heterocycles. The van der Waals surface area contributed by atoms with Gasteiger partial charge < -0.3 is 10.5 Å². The Labute approximate surface area is 157 Å². The molecular weight excluding hydrogens is 366 g/mol. The predicted octanol–water partition coefficient (Wildman–Crippen LogP) is 4.61. The second-order valence-electron chi connectivity index (χ2n) is 5.45. The fourth-order valence-corrected chi connectivity index (χ4v) is 2.51. The molecule has 0 aliphatic carbocycles. The van der Waals surface area contributed by atoms with Crippen molar-refractivity contribution in [2.45, 2.75) is 32.4 Å². The van der Waals surface area contributed by atoms with Crippen LogP contribution in [0.2, 0.25) is 5.02 Å². The molecule has 2 atom stereocenters. The zero-order valence-corrected chi connectivity index (χ0v) is 15.5. The molecule has 3 N–H and O–H groups in total. The Hall–Kier alpha value is -1.82. The van der Waals surface area contributed by atoms with Gasteiger partial charge in [-0.2, -0.15) is 0 Å². The number of nitrogens with one attached hydrogen (secondary N) is 1. The van der Waals surface area contributed by atoms with E-state index in [0.29, 0.717) is 17.7 Å². The maximum absolute atomic E-state index is 14.9. The van der Waals surface area contributed by atoms with Crippen molar-refractivity contribution >= 4 is 29.9 Å². The third kappa shape index (κ3) is 5.33. The average molecular weight is 387 g/mol. The van der Waals surface area contributed by atoms with E-state index >= 15 is 0 Å². The van der Waals surface area contributed by atoms with Crippen molar-refractivity contribution in [2.75, 3.05) is 0 Å². The van der Waals surface area contributed by atoms with E-state index in [0.717, 1.165) is 0 Å². The molecule has 7 heteroatoms. The molecule has 25 heavy (non-hydrogen) atoms. The lowest BCUT2D eigenvalue weighted by Crippen LogP contribution is -2.40. The summed E-state index contributed by atoms with van der Waals surface area (Å²) >= 11 is 6.10. The number of primary amides is 1. The Kier molecular flexibility index (Phi) is 8.16. The van der Waals surface area contributed by atoms with Gasteiger partial charge in [0.25, 0.3) is 0 Å². The van der Waals surface area contributed by atoms with Gasteiger partial charge in [-0.1, -0.05) is 42.8 Å². The monoisotopic (exact) mass is 386 g/mol. The van der Waals surface area contributed by atoms with Gasteiger partial charge in [0.1, 0.15) is 5.75 Å². The minimum atomic E-state index is -0.580. The lowest BCUT2D eigenvalue weighted by molar-refractivity contribution is -0.119. The first-order chi connectivity index (χ1) is 11.4. The molecule has 0 fully saturated rings. The van der Waals surface area contributed by atoms with Crippen molar-refractivity contribution in [3.05, 3.63) is 58.9 Å². The Morgan fingerprint density at radius 2 is 1.92 bits per heavy atom. The van der Waals surface area contributed by atoms with Crippen molar-refractivity contribution in [3.63, 3.8) is 0 Å². The number of para-hydroxylation sites is 1. The number of amides is 1. The smallest absolute Gasteiger partial charge is 0.234 e. The second-order valence-corrected chi connectivity index (χ2v) is 5.85. The summed E-state index contributed by atoms with van der Waals surface area (Å²) in [6.07, 6.45) is 0.570. The predicted molar refractivity (Wildman–Crippen MR) is 100.0 cm³/mol. The van der Waals surface area contributed by atoms with Crippen LogP contribution in [-0.2, 0) is 4.79 Å². The lowest BCUT2D eigenvalue weighted by Gasteiger charge is -2.22. The Morgan fingerprint density at radius 1 is 1.28 bits per heavy atom. The second kappa shape index (κ2) is 9.61. The number of hydrogen-bond donors (Lipinski definition) is 2. The molecule has 0 radical (unpaired) electrons. The largest absolute Gasteiger partial charge is 0.453 e. The fraction of sp³-hybridized carbons (Fsp3) is 0.278. The van der Waals surface area contributed by atoms with Crippen LogP contribution in [0.25, 0.3) is 0 Å². The number of carbonyl (C=O) groups excluding carboxylic acids is 1. The number of carbonyl (C=O) groups is 1. The third-order valence-electron chi connectivity index (χ3n) is 3.70. The summed E-state index contributed by atoms with van der Waals surface area (Å²) in [6.45, 7) is 3.53. The highest BCUT2D eigenvalue weighted by Gasteiger charge is 2.23. The Morgan fingerprint density at radius 3 is 2.48 bits per heavy atom. The highest BCUT2D eigenvalue weighted by molar-refractivity contribution is 6.32. The van der Waals surface area contributed by atoms with Crippen LogP contribution in [0, 0.1) is 5.82 Å². The van der Waals surface area contributed by atoms with E-state index in [1.807, 2.05) is 13.0 Å². The van der Waals surface area contributed by atoms with Crippen molar-refractivity contribution in [1.82, 2.24) is 5.32 Å². The molecule has 1 unspecified atom stereocenters. The van der Waals surface area contributed by atoms with Crippen molar-refractivity contribution in [2.24, 2.45) is 5.73 Å². The zero-order chi connectivity index (χ0) is 17.7. The summed E-state index contributed by atoms with van der Waals surface area (Å²) < 4.78 is 20.5. The van der Waals surface area contributed by atoms with E-state index in [2.05, 4.69) is 5.32 Å². The average Bonchev–Trinajstić information content (AvgIpc) is 2.57. The fourth-order valence-electron chi connectivity index (χ4n) is 2.33. The van der Waals surface area contributed by atoms with Gasteiger partial charge >= 0.3 is 0 Å². The van der Waals surface area contributed by atoms with Gasteiger partial charge in [0, 0.05) is 11.6 Å². The summed E-state index contributed by atoms with van der Waals surface area (Å²) in [4.78, 5) is 11.2. The summed E-state index contributed by atoms with van der Waals surface area (Å²) in [5, 5.41) is 3.20. The van der Waals surface area contributed by atoms with Crippen molar-refractivity contribution in [3.8, 4) is 11.5 Å². The number of rotatable bonds is 7. The summed E-state index contributed by atoms with van der Waals surface area (Å²) in [5.41, 5.74) is 5.65. The number of halogens is 3. The summed E-state index contributed by atoms with van der Waals surface area (Å²) in [6, 6.07) is 11.0. The van der Waals surface area contributed by atoms with Gasteiger partial charge in [0.15, 0.2) is 11.6 Å². The van der Waals surface area contributed by atoms with Gasteiger partial charge in [0.2, 0.25) is 5.91 Å². The van der Waals surface area contributed by atoms with Crippen LogP contribution in [0.5, 0.6) is 11.5 Å². The van der Waals surface area contributed by atoms with Gasteiger partial charge in [-0.25, -0.2) is 4.39 Å². The molecular formula is C18H21Cl2FN2O2. The van der Waals surface area contributed by atoms with E-state index < -0.39 is 17.8 Å². The molecule has 0 spiro atoms. The molecule has 0 saturated heterocycles. The van der Waals surface area contributed by atoms with Crippen LogP contribution in [0.3, 0.4) is 0 Å². The lowest BCUT2D eigenvalue weighted by atomic mass is 10.0. The van der Waals surface area contributed by atoms with Gasteiger partial charge in [-0.15, -0.1) is 12.4 Å². The quantitative estimate of drug-likeness (QED) is 0.730. The number of ether oxygens (including phenoxy) is 1. The van der Waals surface area contributed by atoms with Crippen LogP contribution in [0.15, 0.2) is 42.5 Å². The zero-order valence-electron chi connectivity index (χ0n) is 14.0. The van der Waals surface area contributed by atoms with E-state index in [9.17, 15) is 9.18 Å². The summed E-state index contributed by atoms with van der Waals surface area (Å²) in [7, 11) is 0. The highest BCUT2D eigenvalue weighted by Crippen LogP contribution is 2.36. The van der Waals surface area contributed by atoms with Crippen molar-refractivity contribution in [1.29, 1.82) is 0 Å². The molecule has 0 saturated carbocycles. The molecule has 2 aromatic rings. The van der Waals surface area contributed by atoms with Crippen LogP contribution in [0.1, 0.15) is 31.9 Å². The molecule has 0 bridgehead atoms. The van der Waals surface area contributed by atoms with Gasteiger partial charge in [-0.3, -0.25) is 10.1 Å². The molecule has 0 aromatic heterocycles. The van der Waals surface area contributed by atoms with E-state index in [1.165, 1.54) is 0 Å². The molecule has 0 aliphatic rings. The van der Waals surface area contributed by atoms with Crippen LogP contribution in [-0.4, -0.2) is 11.9 Å². The molecule has 136 valence electrons. The maximum Gasteiger partial charge on any atom is 0.234 e. The maximum atomic E-state index is 14.9. The first kappa shape index (κ1) is 21.2. The minimum Gasteiger partial charge on any atom is -0.453 e. The minimum absolute atomic E-state index is 0. The Bertz CT molecular complexity index is 714. The van der Waals surface area contributed by atoms with Crippen LogP contribution < -0.4 is 15.8 Å². The van der Waals surface area contributed by atoms with Gasteiger partial charge in [-0.05, 0) is 31.5 Å². The van der Waals surface area contributed by atoms with Crippen LogP contribution >= 0.6 is 24.0 Å². The van der Waals surface area contributed by atoms with E-state index in [1.54, 1.807) is 43.3 Å². The highest BCUT2D eigenvalue weighted by atomic mass is 35.5. The van der Waals surface area contributed by atoms with E-state index in [-0.39, 0.29) is 29.2 Å². The van der Waals surface area contributed by atoms with Crippen molar-refractivity contribution < 1.29 is 13.9 Å². The number of hydrogen-bond acceptors (Lipinski definition) is 3. The normalized spacial score (nSPS) is 12.8. The topological polar surface area (TPSA) is 64.3 Å². The first-order valence-corrected chi connectivity index (χ1v) is 8.08. The summed E-state index contributed by atoms with van der Waals surface area (Å²) in [5.74, 6) is -0.597. The van der Waals surface area contributed by atoms with E-state index in [4.69, 9.17) is 22.1 Å². The number of nitrogens with two attached hydrogens (primary N) is 1. The first-order valence-electron chi connectivity index (χ1n) is 7.70. The molecule has 2 rings (SSSR count). The molecule has 4 nitrogen and oxygen atoms in total.